The Morgan fingerprint density at radius 2 is 2.50 bits per heavy atom. The Morgan fingerprint density at radius 1 is 1.67 bits per heavy atom. The van der Waals surface area contributed by atoms with E-state index in [0.717, 1.165) is 36.6 Å². The molecule has 2 heterocycles. The molecule has 0 aromatic carbocycles. The minimum atomic E-state index is 0.258. The number of rotatable bonds is 5. The van der Waals surface area contributed by atoms with E-state index >= 15 is 0 Å². The fraction of sp³-hybridized carbons (Fsp3) is 0.667. The summed E-state index contributed by atoms with van der Waals surface area (Å²) in [4.78, 5) is 18.3. The van der Waals surface area contributed by atoms with Crippen LogP contribution in [0.15, 0.2) is 0 Å². The first-order chi connectivity index (χ1) is 8.78. The Hall–Kier alpha value is -0.980. The fourth-order valence-corrected chi connectivity index (χ4v) is 2.88. The highest BCUT2D eigenvalue weighted by Crippen LogP contribution is 2.27. The normalized spacial score (nSPS) is 20.1. The van der Waals surface area contributed by atoms with Gasteiger partial charge in [-0.1, -0.05) is 18.3 Å². The molecule has 0 N–H and O–H groups in total. The number of nitrogens with zero attached hydrogens (tertiary/aromatic N) is 2. The third-order valence-electron chi connectivity index (χ3n) is 2.97. The van der Waals surface area contributed by atoms with Gasteiger partial charge in [-0.2, -0.15) is 0 Å². The van der Waals surface area contributed by atoms with Crippen LogP contribution in [0, 0.1) is 0 Å². The van der Waals surface area contributed by atoms with Gasteiger partial charge in [-0.3, -0.25) is 4.79 Å². The van der Waals surface area contributed by atoms with E-state index in [1.54, 1.807) is 7.11 Å². The number of hydrogen-bond acceptors (Lipinski definition) is 6. The van der Waals surface area contributed by atoms with Gasteiger partial charge in [-0.25, -0.2) is 4.98 Å². The second-order valence-electron chi connectivity index (χ2n) is 4.21. The first kappa shape index (κ1) is 13.5. The number of aromatic nitrogens is 1. The molecule has 0 spiro atoms. The standard InChI is InChI=1S/C12H18N2O3S/c1-3-9-6-14(4-5-17-9)12-13-10(8-16-2)11(7-15)18-12/h7,9H,3-6,8H2,1-2H3. The zero-order valence-corrected chi connectivity index (χ0v) is 11.5. The van der Waals surface area contributed by atoms with Gasteiger partial charge in [-0.05, 0) is 6.42 Å². The van der Waals surface area contributed by atoms with Gasteiger partial charge in [0.05, 0.1) is 29.9 Å². The van der Waals surface area contributed by atoms with Crippen LogP contribution in [0.5, 0.6) is 0 Å². The second kappa shape index (κ2) is 6.26. The summed E-state index contributed by atoms with van der Waals surface area (Å²) in [5.41, 5.74) is 0.729. The largest absolute Gasteiger partial charge is 0.378 e. The minimum absolute atomic E-state index is 0.258. The Balaban J connectivity index is 2.14. The van der Waals surface area contributed by atoms with Crippen molar-refractivity contribution in [3.05, 3.63) is 10.6 Å². The van der Waals surface area contributed by atoms with E-state index < -0.39 is 0 Å². The number of anilines is 1. The second-order valence-corrected chi connectivity index (χ2v) is 5.21. The summed E-state index contributed by atoms with van der Waals surface area (Å²) in [5.74, 6) is 0. The topological polar surface area (TPSA) is 51.7 Å². The zero-order chi connectivity index (χ0) is 13.0. The number of carbonyl (C=O) groups excluding carboxylic acids is 1. The van der Waals surface area contributed by atoms with E-state index in [0.29, 0.717) is 18.1 Å². The lowest BCUT2D eigenvalue weighted by molar-refractivity contribution is 0.0384. The summed E-state index contributed by atoms with van der Waals surface area (Å²) in [6, 6.07) is 0. The molecule has 0 bridgehead atoms. The molecule has 1 unspecified atom stereocenters. The first-order valence-corrected chi connectivity index (χ1v) is 6.90. The van der Waals surface area contributed by atoms with E-state index in [4.69, 9.17) is 9.47 Å². The summed E-state index contributed by atoms with van der Waals surface area (Å²) in [6.07, 6.45) is 2.11. The van der Waals surface area contributed by atoms with E-state index in [-0.39, 0.29) is 6.10 Å². The molecule has 18 heavy (non-hydrogen) atoms. The third-order valence-corrected chi connectivity index (χ3v) is 4.05. The van der Waals surface area contributed by atoms with E-state index in [1.807, 2.05) is 0 Å². The quantitative estimate of drug-likeness (QED) is 0.762. The van der Waals surface area contributed by atoms with Crippen molar-refractivity contribution in [1.82, 2.24) is 4.98 Å². The molecule has 0 radical (unpaired) electrons. The maximum Gasteiger partial charge on any atom is 0.186 e. The molecule has 1 aliphatic rings. The van der Waals surface area contributed by atoms with Crippen LogP contribution >= 0.6 is 11.3 Å². The molecule has 6 heteroatoms. The fourth-order valence-electron chi connectivity index (χ4n) is 1.96. The highest BCUT2D eigenvalue weighted by molar-refractivity contribution is 7.17. The predicted molar refractivity (Wildman–Crippen MR) is 70.5 cm³/mol. The highest BCUT2D eigenvalue weighted by atomic mass is 32.1. The molecule has 100 valence electrons. The summed E-state index contributed by atoms with van der Waals surface area (Å²) in [6.45, 7) is 4.88. The van der Waals surface area contributed by atoms with E-state index in [2.05, 4.69) is 16.8 Å². The van der Waals surface area contributed by atoms with Crippen LogP contribution in [0.25, 0.3) is 0 Å². The number of aldehydes is 1. The van der Waals surface area contributed by atoms with Crippen LogP contribution in [0.2, 0.25) is 0 Å². The summed E-state index contributed by atoms with van der Waals surface area (Å²) in [7, 11) is 1.61. The first-order valence-electron chi connectivity index (χ1n) is 6.08. The summed E-state index contributed by atoms with van der Waals surface area (Å²) in [5, 5.41) is 0.894. The van der Waals surface area contributed by atoms with Crippen molar-refractivity contribution in [3.8, 4) is 0 Å². The number of methoxy groups -OCH3 is 1. The van der Waals surface area contributed by atoms with Gasteiger partial charge < -0.3 is 14.4 Å². The monoisotopic (exact) mass is 270 g/mol. The highest BCUT2D eigenvalue weighted by Gasteiger charge is 2.22. The molecule has 1 fully saturated rings. The van der Waals surface area contributed by atoms with Crippen LogP contribution in [-0.4, -0.2) is 44.2 Å². The maximum absolute atomic E-state index is 11.0. The van der Waals surface area contributed by atoms with Crippen LogP contribution in [0.3, 0.4) is 0 Å². The van der Waals surface area contributed by atoms with Crippen LogP contribution in [0.4, 0.5) is 5.13 Å². The number of hydrogen-bond donors (Lipinski definition) is 0. The number of carbonyl (C=O) groups is 1. The molecule has 1 aromatic heterocycles. The van der Waals surface area contributed by atoms with Gasteiger partial charge in [0.2, 0.25) is 0 Å². The van der Waals surface area contributed by atoms with Crippen LogP contribution < -0.4 is 4.90 Å². The van der Waals surface area contributed by atoms with Gasteiger partial charge in [0, 0.05) is 20.2 Å². The molecule has 0 saturated carbocycles. The Bertz CT molecular complexity index is 408. The number of thiazole rings is 1. The Kier molecular flexibility index (Phi) is 4.68. The Morgan fingerprint density at radius 3 is 3.17 bits per heavy atom. The van der Waals surface area contributed by atoms with Crippen LogP contribution in [-0.2, 0) is 16.1 Å². The molecule has 1 aromatic rings. The summed E-state index contributed by atoms with van der Waals surface area (Å²) >= 11 is 1.43. The van der Waals surface area contributed by atoms with Gasteiger partial charge >= 0.3 is 0 Å². The lowest BCUT2D eigenvalue weighted by Gasteiger charge is -2.32. The van der Waals surface area contributed by atoms with Crippen molar-refractivity contribution in [2.75, 3.05) is 31.7 Å². The van der Waals surface area contributed by atoms with Crippen molar-refractivity contribution in [2.45, 2.75) is 26.1 Å². The molecular formula is C12H18N2O3S. The van der Waals surface area contributed by atoms with Crippen molar-refractivity contribution >= 4 is 22.8 Å². The molecule has 1 aliphatic heterocycles. The smallest absolute Gasteiger partial charge is 0.186 e. The molecule has 5 nitrogen and oxygen atoms in total. The van der Waals surface area contributed by atoms with Crippen LogP contribution in [0.1, 0.15) is 28.7 Å². The molecule has 1 atom stereocenters. The SMILES string of the molecule is CCC1CN(c2nc(COC)c(C=O)s2)CCO1. The molecule has 2 rings (SSSR count). The summed E-state index contributed by atoms with van der Waals surface area (Å²) < 4.78 is 10.7. The van der Waals surface area contributed by atoms with Gasteiger partial charge in [0.25, 0.3) is 0 Å². The average molecular weight is 270 g/mol. The van der Waals surface area contributed by atoms with Gasteiger partial charge in [0.1, 0.15) is 0 Å². The van der Waals surface area contributed by atoms with E-state index in [9.17, 15) is 4.79 Å². The molecule has 0 amide bonds. The Labute approximate surface area is 111 Å². The van der Waals surface area contributed by atoms with Gasteiger partial charge in [-0.15, -0.1) is 0 Å². The molecular weight excluding hydrogens is 252 g/mol. The predicted octanol–water partition coefficient (Wildman–Crippen LogP) is 1.72. The average Bonchev–Trinajstić information content (AvgIpc) is 2.82. The van der Waals surface area contributed by atoms with Crippen molar-refractivity contribution in [3.63, 3.8) is 0 Å². The lowest BCUT2D eigenvalue weighted by Crippen LogP contribution is -2.42. The van der Waals surface area contributed by atoms with E-state index in [1.165, 1.54) is 11.3 Å². The molecule has 0 aliphatic carbocycles. The van der Waals surface area contributed by atoms with Crippen molar-refractivity contribution < 1.29 is 14.3 Å². The maximum atomic E-state index is 11.0. The van der Waals surface area contributed by atoms with Crippen molar-refractivity contribution in [2.24, 2.45) is 0 Å². The minimum Gasteiger partial charge on any atom is -0.378 e. The molecule has 1 saturated heterocycles. The number of morpholine rings is 1. The van der Waals surface area contributed by atoms with Gasteiger partial charge in [0.15, 0.2) is 11.4 Å². The lowest BCUT2D eigenvalue weighted by atomic mass is 10.2. The van der Waals surface area contributed by atoms with Crippen molar-refractivity contribution in [1.29, 1.82) is 0 Å². The zero-order valence-electron chi connectivity index (χ0n) is 10.7. The number of ether oxygens (including phenoxy) is 2. The third kappa shape index (κ3) is 2.88.